The van der Waals surface area contributed by atoms with Crippen molar-refractivity contribution in [1.82, 2.24) is 0 Å². The first-order valence-corrected chi connectivity index (χ1v) is 1.93. The van der Waals surface area contributed by atoms with E-state index in [1.54, 1.807) is 4.94 Å². The van der Waals surface area contributed by atoms with E-state index < -0.39 is 11.5 Å². The van der Waals surface area contributed by atoms with Gasteiger partial charge in [-0.25, -0.2) is 0 Å². The molecule has 56 valence electrons. The Labute approximate surface area is 51.2 Å². The molecule has 0 aromatic rings. The van der Waals surface area contributed by atoms with E-state index in [4.69, 9.17) is 0 Å². The lowest BCUT2D eigenvalue weighted by Gasteiger charge is -2.14. The second-order valence-corrected chi connectivity index (χ2v) is 1.57. The molecule has 0 atom stereocenters. The average molecular weight is 170 g/mol. The summed E-state index contributed by atoms with van der Waals surface area (Å²) in [5, 5.41) is -5.01. The zero-order valence-corrected chi connectivity index (χ0v) is 4.43. The van der Waals surface area contributed by atoms with Crippen molar-refractivity contribution in [3.63, 3.8) is 0 Å². The van der Waals surface area contributed by atoms with Gasteiger partial charge in [-0.1, -0.05) is 0 Å². The minimum atomic E-state index is -5.26. The maximum absolute atomic E-state index is 11.2. The molecule has 0 aromatic heterocycles. The van der Waals surface area contributed by atoms with Crippen LogP contribution in [0.15, 0.2) is 0 Å². The molecule has 0 N–H and O–H groups in total. The van der Waals surface area contributed by atoms with E-state index in [1.165, 1.54) is 0 Å². The summed E-state index contributed by atoms with van der Waals surface area (Å²) in [6.45, 7) is 0. The van der Waals surface area contributed by atoms with Crippen LogP contribution in [-0.4, -0.2) is 11.5 Å². The van der Waals surface area contributed by atoms with Gasteiger partial charge in [-0.15, -0.1) is 4.94 Å². The van der Waals surface area contributed by atoms with Crippen LogP contribution in [0.2, 0.25) is 0 Å². The Bertz CT molecular complexity index is 97.6. The molecule has 0 rings (SSSR count). The van der Waals surface area contributed by atoms with Gasteiger partial charge in [0.1, 0.15) is 0 Å². The number of rotatable bonds is 2. The van der Waals surface area contributed by atoms with E-state index in [0.29, 0.717) is 0 Å². The molecule has 0 unspecified atom stereocenters. The minimum absolute atomic E-state index is 1.59. The number of hydrogen-bond donors (Lipinski definition) is 0. The van der Waals surface area contributed by atoms with Crippen molar-refractivity contribution >= 4 is 11.6 Å². The van der Waals surface area contributed by atoms with E-state index in [2.05, 4.69) is 11.6 Å². The highest BCUT2D eigenvalue weighted by Crippen LogP contribution is 2.38. The highest BCUT2D eigenvalue weighted by molar-refractivity contribution is 6.22. The topological polar surface area (TPSA) is 9.23 Å². The lowest BCUT2D eigenvalue weighted by Crippen LogP contribution is -2.35. The SMILES string of the molecule is FOC(F)(F)C(F)(F)Cl. The summed E-state index contributed by atoms with van der Waals surface area (Å²) in [7, 11) is 0. The Balaban J connectivity index is 4.14. The smallest absolute Gasteiger partial charge is 0.178 e. The van der Waals surface area contributed by atoms with Crippen LogP contribution >= 0.6 is 11.6 Å². The fourth-order valence-corrected chi connectivity index (χ4v) is 0.0729. The average Bonchev–Trinajstić information content (AvgIpc) is 1.64. The van der Waals surface area contributed by atoms with Gasteiger partial charge in [0.15, 0.2) is 0 Å². The van der Waals surface area contributed by atoms with Crippen LogP contribution in [0.3, 0.4) is 0 Å². The maximum Gasteiger partial charge on any atom is 0.464 e. The van der Waals surface area contributed by atoms with Gasteiger partial charge >= 0.3 is 11.5 Å². The molecule has 0 fully saturated rings. The first-order chi connectivity index (χ1) is 3.81. The van der Waals surface area contributed by atoms with E-state index in [-0.39, 0.29) is 0 Å². The van der Waals surface area contributed by atoms with Crippen LogP contribution < -0.4 is 0 Å². The third kappa shape index (κ3) is 1.94. The quantitative estimate of drug-likeness (QED) is 0.456. The first-order valence-electron chi connectivity index (χ1n) is 1.55. The third-order valence-electron chi connectivity index (χ3n) is 0.427. The first kappa shape index (κ1) is 8.90. The largest absolute Gasteiger partial charge is 0.464 e. The Hall–Kier alpha value is -0.100. The summed E-state index contributed by atoms with van der Waals surface area (Å²) in [6, 6.07) is 0. The van der Waals surface area contributed by atoms with Crippen molar-refractivity contribution in [3.05, 3.63) is 0 Å². The Morgan fingerprint density at radius 1 is 1.11 bits per heavy atom. The lowest BCUT2D eigenvalue weighted by molar-refractivity contribution is -0.403. The molecule has 0 aliphatic rings. The zero-order valence-electron chi connectivity index (χ0n) is 3.68. The van der Waals surface area contributed by atoms with Gasteiger partial charge in [-0.2, -0.15) is 17.6 Å². The van der Waals surface area contributed by atoms with Crippen molar-refractivity contribution < 1.29 is 27.0 Å². The summed E-state index contributed by atoms with van der Waals surface area (Å²) >= 11 is 3.68. The lowest BCUT2D eigenvalue weighted by atomic mass is 10.7. The molecule has 0 amide bonds. The van der Waals surface area contributed by atoms with Gasteiger partial charge < -0.3 is 0 Å². The number of alkyl halides is 5. The van der Waals surface area contributed by atoms with Crippen LogP contribution in [0.4, 0.5) is 22.1 Å². The molecule has 0 bridgehead atoms. The summed E-state index contributed by atoms with van der Waals surface area (Å²) in [5.74, 6) is 0. The van der Waals surface area contributed by atoms with Crippen LogP contribution in [0.1, 0.15) is 0 Å². The molecule has 0 spiro atoms. The van der Waals surface area contributed by atoms with E-state index in [1.807, 2.05) is 0 Å². The predicted molar refractivity (Wildman–Crippen MR) is 17.9 cm³/mol. The molecule has 0 aliphatic heterocycles. The fraction of sp³-hybridized carbons (Fsp3) is 1.00. The molecule has 0 aliphatic carbocycles. The third-order valence-corrected chi connectivity index (χ3v) is 0.647. The van der Waals surface area contributed by atoms with Gasteiger partial charge in [-0.3, -0.25) is 0 Å². The van der Waals surface area contributed by atoms with Gasteiger partial charge in [-0.05, 0) is 16.1 Å². The van der Waals surface area contributed by atoms with Gasteiger partial charge in [0.05, 0.1) is 0 Å². The Morgan fingerprint density at radius 2 is 1.44 bits per heavy atom. The van der Waals surface area contributed by atoms with Crippen molar-refractivity contribution in [2.24, 2.45) is 0 Å². The van der Waals surface area contributed by atoms with Crippen molar-refractivity contribution in [2.45, 2.75) is 11.5 Å². The van der Waals surface area contributed by atoms with E-state index >= 15 is 0 Å². The monoisotopic (exact) mass is 170 g/mol. The van der Waals surface area contributed by atoms with Gasteiger partial charge in [0, 0.05) is 0 Å². The highest BCUT2D eigenvalue weighted by atomic mass is 35.5. The van der Waals surface area contributed by atoms with Crippen LogP contribution in [0.25, 0.3) is 0 Å². The molecule has 1 nitrogen and oxygen atoms in total. The standard InChI is InChI=1S/C2ClF5O/c3-1(4,5)2(6,7)9-8. The molecular formula is C2ClF5O. The second-order valence-electron chi connectivity index (χ2n) is 1.09. The van der Waals surface area contributed by atoms with Gasteiger partial charge in [0.2, 0.25) is 0 Å². The van der Waals surface area contributed by atoms with Crippen molar-refractivity contribution in [2.75, 3.05) is 0 Å². The van der Waals surface area contributed by atoms with E-state index in [9.17, 15) is 22.1 Å². The zero-order chi connectivity index (χ0) is 7.71. The molecule has 0 saturated carbocycles. The number of hydrogen-bond acceptors (Lipinski definition) is 1. The summed E-state index contributed by atoms with van der Waals surface area (Å²) in [5.41, 5.74) is 0. The molecule has 0 saturated heterocycles. The molecule has 0 radical (unpaired) electrons. The van der Waals surface area contributed by atoms with Gasteiger partial charge in [0.25, 0.3) is 0 Å². The van der Waals surface area contributed by atoms with Crippen LogP contribution in [-0.2, 0) is 4.94 Å². The minimum Gasteiger partial charge on any atom is -0.178 e. The van der Waals surface area contributed by atoms with Crippen LogP contribution in [0.5, 0.6) is 0 Å². The van der Waals surface area contributed by atoms with E-state index in [0.717, 1.165) is 0 Å². The summed E-state index contributed by atoms with van der Waals surface area (Å²) in [6.07, 6.45) is -5.26. The van der Waals surface area contributed by atoms with Crippen molar-refractivity contribution in [3.8, 4) is 0 Å². The van der Waals surface area contributed by atoms with Crippen LogP contribution in [0, 0.1) is 0 Å². The normalized spacial score (nSPS) is 14.0. The van der Waals surface area contributed by atoms with Crippen molar-refractivity contribution in [1.29, 1.82) is 0 Å². The molecule has 9 heavy (non-hydrogen) atoms. The number of halogens is 6. The summed E-state index contributed by atoms with van der Waals surface area (Å²) < 4.78 is 55.1. The molecular weight excluding hydrogens is 170 g/mol. The fourth-order valence-electron chi connectivity index (χ4n) is 0.0437. The molecule has 7 heteroatoms. The summed E-state index contributed by atoms with van der Waals surface area (Å²) in [4.78, 5) is 1.59. The highest BCUT2D eigenvalue weighted by Gasteiger charge is 2.58. The molecule has 0 heterocycles. The Morgan fingerprint density at radius 3 is 1.44 bits per heavy atom. The maximum atomic E-state index is 11.2. The second kappa shape index (κ2) is 2.26. The predicted octanol–water partition coefficient (Wildman–Crippen LogP) is 2.31. The molecule has 0 aromatic carbocycles. The Kier molecular flexibility index (Phi) is 2.24.